The molecule has 1 aliphatic rings. The summed E-state index contributed by atoms with van der Waals surface area (Å²) >= 11 is 0. The van der Waals surface area contributed by atoms with E-state index in [4.69, 9.17) is 9.79 Å². The molecule has 10 N–H and O–H groups in total. The van der Waals surface area contributed by atoms with Crippen LogP contribution >= 0.6 is 15.2 Å². The molecule has 0 amide bonds. The first-order valence-corrected chi connectivity index (χ1v) is 9.52. The van der Waals surface area contributed by atoms with Gasteiger partial charge in [0, 0.05) is 6.16 Å². The zero-order valence-electron chi connectivity index (χ0n) is 11.6. The molecular formula is C9H27N3O6P2. The van der Waals surface area contributed by atoms with Crippen LogP contribution in [-0.4, -0.2) is 49.5 Å². The lowest BCUT2D eigenvalue weighted by Crippen LogP contribution is -2.32. The van der Waals surface area contributed by atoms with Crippen LogP contribution in [0.5, 0.6) is 0 Å². The van der Waals surface area contributed by atoms with Crippen LogP contribution in [0.4, 0.5) is 0 Å². The second-order valence-electron chi connectivity index (χ2n) is 4.70. The van der Waals surface area contributed by atoms with Gasteiger partial charge in [-0.1, -0.05) is 6.42 Å². The Morgan fingerprint density at radius 2 is 1.45 bits per heavy atom. The van der Waals surface area contributed by atoms with Crippen molar-refractivity contribution in [3.8, 4) is 0 Å². The largest absolute Gasteiger partial charge is 0.344 e. The fourth-order valence-corrected chi connectivity index (χ4v) is 4.06. The zero-order valence-corrected chi connectivity index (χ0v) is 13.4. The van der Waals surface area contributed by atoms with Crippen molar-refractivity contribution in [2.75, 3.05) is 19.3 Å². The van der Waals surface area contributed by atoms with Crippen LogP contribution in [0.1, 0.15) is 32.1 Å². The maximum absolute atomic E-state index is 11.4. The van der Waals surface area contributed by atoms with Crippen molar-refractivity contribution in [2.45, 2.75) is 37.9 Å². The molecule has 1 unspecified atom stereocenters. The van der Waals surface area contributed by atoms with Crippen LogP contribution in [0.2, 0.25) is 0 Å². The van der Waals surface area contributed by atoms with Gasteiger partial charge in [0.15, 0.2) is 0 Å². The Morgan fingerprint density at radius 1 is 0.950 bits per heavy atom. The molecule has 1 aliphatic heterocycles. The zero-order chi connectivity index (χ0) is 13.8. The van der Waals surface area contributed by atoms with Crippen molar-refractivity contribution in [1.82, 2.24) is 17.2 Å². The third-order valence-electron chi connectivity index (χ3n) is 3.11. The van der Waals surface area contributed by atoms with Gasteiger partial charge < -0.3 is 31.9 Å². The summed E-state index contributed by atoms with van der Waals surface area (Å²) in [5.74, 6) is -0.795. The summed E-state index contributed by atoms with van der Waals surface area (Å²) in [4.78, 5) is 37.8. The lowest BCUT2D eigenvalue weighted by atomic mass is 10.2. The number of unbranched alkanes of at least 4 members (excludes halogenated alkanes) is 1. The van der Waals surface area contributed by atoms with Gasteiger partial charge in [-0.3, -0.25) is 14.0 Å². The van der Waals surface area contributed by atoms with E-state index >= 15 is 0 Å². The SMILES string of the molecule is N.N.O=P(O)(O)CCCCC(N1CCCC1)P(=O)(O)O. The molecule has 0 saturated carbocycles. The van der Waals surface area contributed by atoms with Gasteiger partial charge in [0.1, 0.15) is 5.78 Å². The number of likely N-dealkylation sites (tertiary alicyclic amines) is 1. The van der Waals surface area contributed by atoms with E-state index in [1.807, 2.05) is 0 Å². The minimum atomic E-state index is -4.17. The van der Waals surface area contributed by atoms with E-state index in [9.17, 15) is 18.9 Å². The summed E-state index contributed by atoms with van der Waals surface area (Å²) in [6.07, 6.45) is 2.65. The van der Waals surface area contributed by atoms with Gasteiger partial charge in [0.05, 0.1) is 0 Å². The predicted molar refractivity (Wildman–Crippen MR) is 77.4 cm³/mol. The number of hydrogen-bond acceptors (Lipinski definition) is 5. The van der Waals surface area contributed by atoms with Gasteiger partial charge in [0.25, 0.3) is 0 Å². The summed E-state index contributed by atoms with van der Waals surface area (Å²) in [7, 11) is -8.17. The Bertz CT molecular complexity index is 352. The molecule has 1 fully saturated rings. The number of hydrogen-bond donors (Lipinski definition) is 6. The molecule has 0 aromatic heterocycles. The molecule has 0 aromatic rings. The van der Waals surface area contributed by atoms with Gasteiger partial charge in [0.2, 0.25) is 0 Å². The first kappa shape index (κ1) is 22.5. The van der Waals surface area contributed by atoms with Crippen LogP contribution in [-0.2, 0) is 9.13 Å². The number of nitrogens with zero attached hydrogens (tertiary/aromatic N) is 1. The Kier molecular flexibility index (Phi) is 10.4. The summed E-state index contributed by atoms with van der Waals surface area (Å²) in [6, 6.07) is 0. The maximum Gasteiger partial charge on any atom is 0.342 e. The van der Waals surface area contributed by atoms with Crippen LogP contribution in [0, 0.1) is 0 Å². The third-order valence-corrected chi connectivity index (χ3v) is 5.37. The van der Waals surface area contributed by atoms with E-state index in [0.717, 1.165) is 12.8 Å². The molecular weight excluding hydrogens is 308 g/mol. The highest BCUT2D eigenvalue weighted by Gasteiger charge is 2.35. The molecule has 9 nitrogen and oxygen atoms in total. The fourth-order valence-electron chi connectivity index (χ4n) is 2.25. The summed E-state index contributed by atoms with van der Waals surface area (Å²) in [5.41, 5.74) is 0. The van der Waals surface area contributed by atoms with Gasteiger partial charge in [-0.2, -0.15) is 0 Å². The van der Waals surface area contributed by atoms with Crippen molar-refractivity contribution in [1.29, 1.82) is 0 Å². The Labute approximate surface area is 119 Å². The molecule has 0 aliphatic carbocycles. The lowest BCUT2D eigenvalue weighted by molar-refractivity contribution is 0.239. The second kappa shape index (κ2) is 9.25. The fraction of sp³-hybridized carbons (Fsp3) is 1.00. The molecule has 20 heavy (non-hydrogen) atoms. The molecule has 1 rings (SSSR count). The first-order valence-electron chi connectivity index (χ1n) is 6.04. The van der Waals surface area contributed by atoms with E-state index in [-0.39, 0.29) is 31.3 Å². The molecule has 1 heterocycles. The average Bonchev–Trinajstić information content (AvgIpc) is 2.66. The smallest absolute Gasteiger partial charge is 0.342 e. The van der Waals surface area contributed by atoms with Crippen LogP contribution in [0.25, 0.3) is 0 Å². The Hall–Kier alpha value is 0.180. The molecule has 1 saturated heterocycles. The van der Waals surface area contributed by atoms with Gasteiger partial charge in [-0.25, -0.2) is 0 Å². The summed E-state index contributed by atoms with van der Waals surface area (Å²) < 4.78 is 22.1. The molecule has 1 atom stereocenters. The summed E-state index contributed by atoms with van der Waals surface area (Å²) in [5, 5.41) is 0. The number of rotatable bonds is 7. The third kappa shape index (κ3) is 8.46. The van der Waals surface area contributed by atoms with E-state index in [1.54, 1.807) is 4.90 Å². The normalized spacial score (nSPS) is 18.2. The lowest BCUT2D eigenvalue weighted by Gasteiger charge is -2.28. The van der Waals surface area contributed by atoms with Crippen molar-refractivity contribution in [3.63, 3.8) is 0 Å². The predicted octanol–water partition coefficient (Wildman–Crippen LogP) is 1.26. The van der Waals surface area contributed by atoms with E-state index in [0.29, 0.717) is 19.5 Å². The van der Waals surface area contributed by atoms with E-state index in [1.165, 1.54) is 0 Å². The maximum atomic E-state index is 11.4. The molecule has 0 bridgehead atoms. The first-order chi connectivity index (χ1) is 8.20. The highest BCUT2D eigenvalue weighted by molar-refractivity contribution is 7.52. The van der Waals surface area contributed by atoms with Crippen molar-refractivity contribution in [2.24, 2.45) is 0 Å². The topological polar surface area (TPSA) is 188 Å². The van der Waals surface area contributed by atoms with Crippen LogP contribution in [0.3, 0.4) is 0 Å². The molecule has 11 heteroatoms. The van der Waals surface area contributed by atoms with Crippen LogP contribution < -0.4 is 12.3 Å². The van der Waals surface area contributed by atoms with Gasteiger partial charge in [-0.05, 0) is 38.8 Å². The van der Waals surface area contributed by atoms with Gasteiger partial charge in [-0.15, -0.1) is 0 Å². The monoisotopic (exact) mass is 335 g/mol. The van der Waals surface area contributed by atoms with Gasteiger partial charge >= 0.3 is 15.2 Å². The molecule has 0 radical (unpaired) electrons. The molecule has 0 aromatic carbocycles. The van der Waals surface area contributed by atoms with E-state index < -0.39 is 21.0 Å². The second-order valence-corrected chi connectivity index (χ2v) is 8.25. The molecule has 124 valence electrons. The molecule has 0 spiro atoms. The Morgan fingerprint density at radius 3 is 1.85 bits per heavy atom. The summed E-state index contributed by atoms with van der Waals surface area (Å²) in [6.45, 7) is 1.38. The van der Waals surface area contributed by atoms with Crippen LogP contribution in [0.15, 0.2) is 0 Å². The average molecular weight is 335 g/mol. The quantitative estimate of drug-likeness (QED) is 0.294. The highest BCUT2D eigenvalue weighted by Crippen LogP contribution is 2.46. The van der Waals surface area contributed by atoms with Crippen molar-refractivity contribution >= 4 is 15.2 Å². The van der Waals surface area contributed by atoms with Crippen molar-refractivity contribution in [3.05, 3.63) is 0 Å². The van der Waals surface area contributed by atoms with Crippen molar-refractivity contribution < 1.29 is 28.7 Å². The minimum Gasteiger partial charge on any atom is -0.344 e. The Balaban J connectivity index is 0. The highest BCUT2D eigenvalue weighted by atomic mass is 31.2. The minimum absolute atomic E-state index is 0. The standard InChI is InChI=1S/C9H21NO6P2.2H3N/c11-17(12,13)8-4-1-5-9(18(14,15)16)10-6-2-3-7-10;;/h9H,1-8H2,(H2,11,12,13)(H2,14,15,16);2*1H3. The van der Waals surface area contributed by atoms with E-state index in [2.05, 4.69) is 0 Å².